The summed E-state index contributed by atoms with van der Waals surface area (Å²) >= 11 is 4.88. The second-order valence-electron chi connectivity index (χ2n) is 3.87. The second kappa shape index (κ2) is 6.67. The highest BCUT2D eigenvalue weighted by molar-refractivity contribution is 9.10. The Balaban J connectivity index is 2.43. The van der Waals surface area contributed by atoms with Crippen LogP contribution in [0.5, 0.6) is 11.5 Å². The SMILES string of the molecule is CSc1cccc(Oc2ccc(Br)cc2)c1/C(N)=N/O. The van der Waals surface area contributed by atoms with E-state index >= 15 is 0 Å². The Labute approximate surface area is 129 Å². The Bertz CT molecular complexity index is 630. The van der Waals surface area contributed by atoms with Crippen LogP contribution < -0.4 is 10.5 Å². The molecule has 0 bridgehead atoms. The zero-order valence-corrected chi connectivity index (χ0v) is 13.1. The second-order valence-corrected chi connectivity index (χ2v) is 5.64. The molecule has 0 aliphatic rings. The lowest BCUT2D eigenvalue weighted by molar-refractivity contribution is 0.318. The molecule has 2 aromatic rings. The minimum Gasteiger partial charge on any atom is -0.457 e. The summed E-state index contributed by atoms with van der Waals surface area (Å²) in [6, 6.07) is 13.0. The van der Waals surface area contributed by atoms with Gasteiger partial charge in [-0.2, -0.15) is 0 Å². The van der Waals surface area contributed by atoms with Gasteiger partial charge >= 0.3 is 0 Å². The molecule has 0 heterocycles. The van der Waals surface area contributed by atoms with E-state index in [9.17, 15) is 0 Å². The van der Waals surface area contributed by atoms with Gasteiger partial charge in [0.25, 0.3) is 0 Å². The van der Waals surface area contributed by atoms with Gasteiger partial charge in [0, 0.05) is 9.37 Å². The van der Waals surface area contributed by atoms with E-state index in [-0.39, 0.29) is 5.84 Å². The van der Waals surface area contributed by atoms with Crippen LogP contribution in [0.3, 0.4) is 0 Å². The largest absolute Gasteiger partial charge is 0.457 e. The molecule has 104 valence electrons. The summed E-state index contributed by atoms with van der Waals surface area (Å²) in [4.78, 5) is 0.884. The number of nitrogens with zero attached hydrogens (tertiary/aromatic N) is 1. The fourth-order valence-corrected chi connectivity index (χ4v) is 2.59. The van der Waals surface area contributed by atoms with Crippen molar-refractivity contribution in [1.29, 1.82) is 0 Å². The van der Waals surface area contributed by atoms with E-state index in [0.717, 1.165) is 9.37 Å². The van der Waals surface area contributed by atoms with Gasteiger partial charge in [0.15, 0.2) is 5.84 Å². The van der Waals surface area contributed by atoms with Crippen LogP contribution >= 0.6 is 27.7 Å². The lowest BCUT2D eigenvalue weighted by Crippen LogP contribution is -2.15. The highest BCUT2D eigenvalue weighted by atomic mass is 79.9. The number of ether oxygens (including phenoxy) is 1. The van der Waals surface area contributed by atoms with Crippen LogP contribution in [-0.2, 0) is 0 Å². The lowest BCUT2D eigenvalue weighted by Gasteiger charge is -2.13. The van der Waals surface area contributed by atoms with Gasteiger partial charge in [-0.25, -0.2) is 0 Å². The van der Waals surface area contributed by atoms with Crippen molar-refractivity contribution in [2.24, 2.45) is 10.9 Å². The third-order valence-electron chi connectivity index (χ3n) is 2.61. The van der Waals surface area contributed by atoms with E-state index in [2.05, 4.69) is 21.1 Å². The molecular weight excluding hydrogens is 340 g/mol. The number of halogens is 1. The van der Waals surface area contributed by atoms with Crippen molar-refractivity contribution in [2.45, 2.75) is 4.90 Å². The Morgan fingerprint density at radius 3 is 2.55 bits per heavy atom. The van der Waals surface area contributed by atoms with Gasteiger partial charge in [0.2, 0.25) is 0 Å². The minimum atomic E-state index is 0.0297. The van der Waals surface area contributed by atoms with Crippen molar-refractivity contribution in [3.8, 4) is 11.5 Å². The van der Waals surface area contributed by atoms with Crippen molar-refractivity contribution in [3.63, 3.8) is 0 Å². The van der Waals surface area contributed by atoms with E-state index in [4.69, 9.17) is 15.7 Å². The van der Waals surface area contributed by atoms with Gasteiger partial charge < -0.3 is 15.7 Å². The molecule has 6 heteroatoms. The topological polar surface area (TPSA) is 67.8 Å². The Morgan fingerprint density at radius 1 is 1.25 bits per heavy atom. The molecule has 0 aliphatic carbocycles. The Morgan fingerprint density at radius 2 is 1.95 bits per heavy atom. The first-order valence-electron chi connectivity index (χ1n) is 5.74. The number of oxime groups is 1. The molecule has 4 nitrogen and oxygen atoms in total. The molecule has 0 radical (unpaired) electrons. The normalized spacial score (nSPS) is 11.4. The number of benzene rings is 2. The molecule has 2 aromatic carbocycles. The van der Waals surface area contributed by atoms with Crippen LogP contribution in [0, 0.1) is 0 Å². The van der Waals surface area contributed by atoms with Gasteiger partial charge in [-0.1, -0.05) is 27.2 Å². The molecule has 0 spiro atoms. The summed E-state index contributed by atoms with van der Waals surface area (Å²) in [5.41, 5.74) is 6.34. The molecule has 0 fully saturated rings. The highest BCUT2D eigenvalue weighted by Crippen LogP contribution is 2.32. The maximum Gasteiger partial charge on any atom is 0.175 e. The fourth-order valence-electron chi connectivity index (χ4n) is 1.70. The summed E-state index contributed by atoms with van der Waals surface area (Å²) in [5.74, 6) is 1.26. The molecule has 0 aromatic heterocycles. The highest BCUT2D eigenvalue weighted by Gasteiger charge is 2.14. The van der Waals surface area contributed by atoms with Crippen LogP contribution in [0.1, 0.15) is 5.56 Å². The molecule has 0 unspecified atom stereocenters. The van der Waals surface area contributed by atoms with Gasteiger partial charge in [-0.15, -0.1) is 11.8 Å². The molecule has 20 heavy (non-hydrogen) atoms. The predicted molar refractivity (Wildman–Crippen MR) is 84.9 cm³/mol. The molecule has 0 saturated carbocycles. The summed E-state index contributed by atoms with van der Waals surface area (Å²) < 4.78 is 6.80. The van der Waals surface area contributed by atoms with Gasteiger partial charge in [-0.05, 0) is 42.7 Å². The molecule has 0 saturated heterocycles. The Hall–Kier alpha value is -1.66. The van der Waals surface area contributed by atoms with Gasteiger partial charge in [-0.3, -0.25) is 0 Å². The number of rotatable bonds is 4. The molecular formula is C14H13BrN2O2S. The number of amidine groups is 1. The third kappa shape index (κ3) is 3.26. The van der Waals surface area contributed by atoms with Crippen LogP contribution in [0.25, 0.3) is 0 Å². The zero-order valence-electron chi connectivity index (χ0n) is 10.7. The number of hydrogen-bond donors (Lipinski definition) is 2. The van der Waals surface area contributed by atoms with Gasteiger partial charge in [0.1, 0.15) is 11.5 Å². The van der Waals surface area contributed by atoms with E-state index in [1.54, 1.807) is 6.07 Å². The fraction of sp³-hybridized carbons (Fsp3) is 0.0714. The first-order valence-corrected chi connectivity index (χ1v) is 7.76. The summed E-state index contributed by atoms with van der Waals surface area (Å²) in [6.07, 6.45) is 1.92. The van der Waals surface area contributed by atoms with Crippen molar-refractivity contribution < 1.29 is 9.94 Å². The van der Waals surface area contributed by atoms with Crippen molar-refractivity contribution in [2.75, 3.05) is 6.26 Å². The van der Waals surface area contributed by atoms with E-state index in [1.165, 1.54) is 11.8 Å². The monoisotopic (exact) mass is 352 g/mol. The third-order valence-corrected chi connectivity index (χ3v) is 3.92. The van der Waals surface area contributed by atoms with Crippen LogP contribution in [0.4, 0.5) is 0 Å². The quantitative estimate of drug-likeness (QED) is 0.286. The van der Waals surface area contributed by atoms with Crippen molar-refractivity contribution in [1.82, 2.24) is 0 Å². The molecule has 3 N–H and O–H groups in total. The average molecular weight is 353 g/mol. The maximum atomic E-state index is 8.93. The summed E-state index contributed by atoms with van der Waals surface area (Å²) in [5, 5.41) is 12.0. The van der Waals surface area contributed by atoms with Crippen LogP contribution in [0.15, 0.2) is 57.0 Å². The van der Waals surface area contributed by atoms with Crippen LogP contribution in [-0.4, -0.2) is 17.3 Å². The lowest BCUT2D eigenvalue weighted by atomic mass is 10.2. The molecule has 0 amide bonds. The minimum absolute atomic E-state index is 0.0297. The van der Waals surface area contributed by atoms with Crippen molar-refractivity contribution >= 4 is 33.5 Å². The molecule has 0 atom stereocenters. The van der Waals surface area contributed by atoms with Crippen molar-refractivity contribution in [3.05, 3.63) is 52.5 Å². The number of hydrogen-bond acceptors (Lipinski definition) is 4. The maximum absolute atomic E-state index is 8.93. The Kier molecular flexibility index (Phi) is 4.92. The van der Waals surface area contributed by atoms with E-state index in [0.29, 0.717) is 17.1 Å². The standard InChI is InChI=1S/C14H13BrN2O2S/c1-20-12-4-2-3-11(13(12)14(16)17-18)19-10-7-5-9(15)6-8-10/h2-8,18H,1H3,(H2,16,17). The summed E-state index contributed by atoms with van der Waals surface area (Å²) in [6.45, 7) is 0. The zero-order chi connectivity index (χ0) is 14.5. The average Bonchev–Trinajstić information content (AvgIpc) is 2.48. The number of nitrogens with two attached hydrogens (primary N) is 1. The predicted octanol–water partition coefficient (Wildman–Crippen LogP) is 4.06. The molecule has 2 rings (SSSR count). The van der Waals surface area contributed by atoms with Crippen LogP contribution in [0.2, 0.25) is 0 Å². The van der Waals surface area contributed by atoms with E-state index in [1.807, 2.05) is 42.7 Å². The first kappa shape index (κ1) is 14.7. The van der Waals surface area contributed by atoms with Gasteiger partial charge in [0.05, 0.1) is 5.56 Å². The first-order chi connectivity index (χ1) is 9.65. The number of thioether (sulfide) groups is 1. The van der Waals surface area contributed by atoms with E-state index < -0.39 is 0 Å². The molecule has 0 aliphatic heterocycles. The smallest absolute Gasteiger partial charge is 0.175 e. The summed E-state index contributed by atoms with van der Waals surface area (Å²) in [7, 11) is 0.